The number of ether oxygens (including phenoxy) is 1. The van der Waals surface area contributed by atoms with Gasteiger partial charge in [0.25, 0.3) is 11.8 Å². The fourth-order valence-corrected chi connectivity index (χ4v) is 3.30. The molecule has 0 radical (unpaired) electrons. The van der Waals surface area contributed by atoms with Crippen LogP contribution in [0.1, 0.15) is 18.1 Å². The topological polar surface area (TPSA) is 78.9 Å². The Morgan fingerprint density at radius 1 is 1.30 bits per heavy atom. The smallest absolute Gasteiger partial charge is 0.270 e. The fourth-order valence-electron chi connectivity index (χ4n) is 3.03. The maximum atomic E-state index is 14.3. The van der Waals surface area contributed by atoms with E-state index in [1.165, 1.54) is 30.3 Å². The second-order valence-corrected chi connectivity index (χ2v) is 6.75. The highest BCUT2D eigenvalue weighted by molar-refractivity contribution is 7.80. The van der Waals surface area contributed by atoms with Gasteiger partial charge in [0.05, 0.1) is 12.3 Å². The minimum Gasteiger partial charge on any atom is -0.504 e. The van der Waals surface area contributed by atoms with E-state index >= 15 is 0 Å². The molecule has 3 rings (SSSR count). The molecule has 8 heteroatoms. The Hall–Kier alpha value is -3.52. The third kappa shape index (κ3) is 4.08. The third-order valence-electron chi connectivity index (χ3n) is 4.35. The summed E-state index contributed by atoms with van der Waals surface area (Å²) in [5, 5.41) is 12.5. The van der Waals surface area contributed by atoms with E-state index in [1.54, 1.807) is 25.1 Å². The van der Waals surface area contributed by atoms with Crippen LogP contribution in [0.15, 0.2) is 54.6 Å². The Morgan fingerprint density at radius 2 is 2.03 bits per heavy atom. The van der Waals surface area contributed by atoms with Gasteiger partial charge in [-0.05, 0) is 61.5 Å². The number of hydrogen-bond acceptors (Lipinski definition) is 5. The second kappa shape index (κ2) is 8.87. The highest BCUT2D eigenvalue weighted by Gasteiger charge is 2.35. The molecular weight excluding hydrogens is 407 g/mol. The molecule has 0 atom stereocenters. The number of carbonyl (C=O) groups excluding carboxylic acids is 2. The first-order valence-corrected chi connectivity index (χ1v) is 9.53. The van der Waals surface area contributed by atoms with E-state index in [-0.39, 0.29) is 27.9 Å². The minimum absolute atomic E-state index is 0.0347. The molecule has 0 aromatic heterocycles. The average molecular weight is 426 g/mol. The molecule has 30 heavy (non-hydrogen) atoms. The van der Waals surface area contributed by atoms with Crippen molar-refractivity contribution in [2.24, 2.45) is 0 Å². The van der Waals surface area contributed by atoms with Crippen molar-refractivity contribution in [3.05, 3.63) is 71.6 Å². The molecule has 1 saturated heterocycles. The summed E-state index contributed by atoms with van der Waals surface area (Å²) in [5.41, 5.74) is 0.678. The van der Waals surface area contributed by atoms with Gasteiger partial charge in [-0.1, -0.05) is 18.2 Å². The number of carbonyl (C=O) groups is 2. The summed E-state index contributed by atoms with van der Waals surface area (Å²) >= 11 is 5.08. The Bertz CT molecular complexity index is 1080. The summed E-state index contributed by atoms with van der Waals surface area (Å²) in [5.74, 6) is -1.93. The fraction of sp³-hybridized carbons (Fsp3) is 0.136. The normalized spacial score (nSPS) is 15.3. The molecule has 1 fully saturated rings. The van der Waals surface area contributed by atoms with Crippen LogP contribution in [0.2, 0.25) is 0 Å². The lowest BCUT2D eigenvalue weighted by molar-refractivity contribution is -0.122. The molecule has 2 N–H and O–H groups in total. The van der Waals surface area contributed by atoms with Crippen molar-refractivity contribution in [3.8, 4) is 11.5 Å². The number of amides is 2. The summed E-state index contributed by atoms with van der Waals surface area (Å²) in [6.07, 6.45) is 3.31. The number of phenolic OH excluding ortho intramolecular Hbond substituents is 1. The van der Waals surface area contributed by atoms with E-state index in [9.17, 15) is 19.1 Å². The van der Waals surface area contributed by atoms with Gasteiger partial charge in [0.15, 0.2) is 16.6 Å². The number of nitrogens with zero attached hydrogens (tertiary/aromatic N) is 1. The predicted molar refractivity (Wildman–Crippen MR) is 116 cm³/mol. The van der Waals surface area contributed by atoms with Crippen molar-refractivity contribution in [2.45, 2.75) is 13.3 Å². The van der Waals surface area contributed by atoms with Crippen LogP contribution in [-0.2, 0) is 16.0 Å². The van der Waals surface area contributed by atoms with Crippen molar-refractivity contribution < 1.29 is 23.8 Å². The summed E-state index contributed by atoms with van der Waals surface area (Å²) < 4.78 is 19.7. The van der Waals surface area contributed by atoms with Crippen LogP contribution in [0.3, 0.4) is 0 Å². The standard InChI is InChI=1S/C22H19FN2O4S/c1-3-7-14-10-13(12-18(19(14)26)29-4-2)11-15-20(27)24-22(30)25(21(15)28)17-9-6-5-8-16(17)23/h3,5-6,8-12,26H,1,4,7H2,2H3,(H,24,27,30)/b15-11+. The number of phenols is 1. The molecule has 1 heterocycles. The van der Waals surface area contributed by atoms with Gasteiger partial charge in [-0.2, -0.15) is 0 Å². The zero-order valence-electron chi connectivity index (χ0n) is 16.1. The number of anilines is 1. The molecule has 1 aliphatic heterocycles. The van der Waals surface area contributed by atoms with E-state index in [4.69, 9.17) is 17.0 Å². The maximum Gasteiger partial charge on any atom is 0.270 e. The molecule has 0 unspecified atom stereocenters. The van der Waals surface area contributed by atoms with Crippen molar-refractivity contribution in [3.63, 3.8) is 0 Å². The summed E-state index contributed by atoms with van der Waals surface area (Å²) in [6, 6.07) is 8.76. The molecule has 2 amide bonds. The molecule has 2 aromatic carbocycles. The maximum absolute atomic E-state index is 14.3. The van der Waals surface area contributed by atoms with Crippen LogP contribution in [0.25, 0.3) is 6.08 Å². The van der Waals surface area contributed by atoms with Gasteiger partial charge in [-0.25, -0.2) is 9.29 Å². The number of nitrogens with one attached hydrogen (secondary N) is 1. The van der Waals surface area contributed by atoms with E-state index < -0.39 is 17.6 Å². The Kier molecular flexibility index (Phi) is 6.27. The SMILES string of the molecule is C=CCc1cc(/C=C2\C(=O)NC(=S)N(c3ccccc3F)C2=O)cc(OCC)c1O. The average Bonchev–Trinajstić information content (AvgIpc) is 2.70. The monoisotopic (exact) mass is 426 g/mol. The molecule has 0 aliphatic carbocycles. The number of allylic oxidation sites excluding steroid dienone is 1. The highest BCUT2D eigenvalue weighted by atomic mass is 32.1. The van der Waals surface area contributed by atoms with E-state index in [2.05, 4.69) is 11.9 Å². The quantitative estimate of drug-likeness (QED) is 0.320. The van der Waals surface area contributed by atoms with Gasteiger partial charge in [0, 0.05) is 5.56 Å². The van der Waals surface area contributed by atoms with Gasteiger partial charge in [-0.3, -0.25) is 14.9 Å². The molecule has 6 nitrogen and oxygen atoms in total. The molecule has 0 saturated carbocycles. The summed E-state index contributed by atoms with van der Waals surface area (Å²) in [7, 11) is 0. The van der Waals surface area contributed by atoms with Gasteiger partial charge in [0.1, 0.15) is 11.4 Å². The Labute approximate surface area is 178 Å². The number of benzene rings is 2. The molecule has 0 spiro atoms. The minimum atomic E-state index is -0.759. The summed E-state index contributed by atoms with van der Waals surface area (Å²) in [6.45, 7) is 5.74. The number of rotatable bonds is 6. The van der Waals surface area contributed by atoms with Crippen molar-refractivity contribution in [1.82, 2.24) is 5.32 Å². The molecule has 154 valence electrons. The number of aromatic hydroxyl groups is 1. The van der Waals surface area contributed by atoms with Crippen LogP contribution in [-0.4, -0.2) is 28.6 Å². The first kappa shape index (κ1) is 21.2. The van der Waals surface area contributed by atoms with Crippen molar-refractivity contribution in [1.29, 1.82) is 0 Å². The highest BCUT2D eigenvalue weighted by Crippen LogP contribution is 2.34. The van der Waals surface area contributed by atoms with Crippen molar-refractivity contribution in [2.75, 3.05) is 11.5 Å². The van der Waals surface area contributed by atoms with Gasteiger partial charge in [0.2, 0.25) is 0 Å². The second-order valence-electron chi connectivity index (χ2n) is 6.36. The third-order valence-corrected chi connectivity index (χ3v) is 4.63. The van der Waals surface area contributed by atoms with Crippen molar-refractivity contribution >= 4 is 40.9 Å². The van der Waals surface area contributed by atoms with Crippen LogP contribution in [0.4, 0.5) is 10.1 Å². The number of para-hydroxylation sites is 1. The van der Waals surface area contributed by atoms with Crippen LogP contribution in [0, 0.1) is 5.82 Å². The molecule has 2 aromatic rings. The Balaban J connectivity index is 2.08. The zero-order chi connectivity index (χ0) is 21.8. The lowest BCUT2D eigenvalue weighted by Gasteiger charge is -2.29. The van der Waals surface area contributed by atoms with Crippen LogP contribution >= 0.6 is 12.2 Å². The number of halogens is 1. The largest absolute Gasteiger partial charge is 0.504 e. The van der Waals surface area contributed by atoms with E-state index in [1.807, 2.05) is 0 Å². The zero-order valence-corrected chi connectivity index (χ0v) is 17.0. The lowest BCUT2D eigenvalue weighted by atomic mass is 10.0. The van der Waals surface area contributed by atoms with Crippen LogP contribution < -0.4 is 15.0 Å². The van der Waals surface area contributed by atoms with Gasteiger partial charge >= 0.3 is 0 Å². The van der Waals surface area contributed by atoms with Gasteiger partial charge < -0.3 is 9.84 Å². The Morgan fingerprint density at radius 3 is 2.70 bits per heavy atom. The summed E-state index contributed by atoms with van der Waals surface area (Å²) in [4.78, 5) is 26.4. The molecule has 0 bridgehead atoms. The van der Waals surface area contributed by atoms with E-state index in [0.29, 0.717) is 24.2 Å². The first-order chi connectivity index (χ1) is 14.4. The predicted octanol–water partition coefficient (Wildman–Crippen LogP) is 3.49. The first-order valence-electron chi connectivity index (χ1n) is 9.13. The van der Waals surface area contributed by atoms with Crippen LogP contribution in [0.5, 0.6) is 11.5 Å². The van der Waals surface area contributed by atoms with E-state index in [0.717, 1.165) is 4.90 Å². The number of thiocarbonyl (C=S) groups is 1. The molecular formula is C22H19FN2O4S. The molecule has 1 aliphatic rings. The lowest BCUT2D eigenvalue weighted by Crippen LogP contribution is -2.54. The number of hydrogen-bond donors (Lipinski definition) is 2. The van der Waals surface area contributed by atoms with Gasteiger partial charge in [-0.15, -0.1) is 6.58 Å².